The number of aromatic nitrogens is 2. The second-order valence-corrected chi connectivity index (χ2v) is 6.98. The largest absolute Gasteiger partial charge is 0.450 e. The summed E-state index contributed by atoms with van der Waals surface area (Å²) in [7, 11) is 0. The summed E-state index contributed by atoms with van der Waals surface area (Å²) in [5.74, 6) is 0. The molecule has 1 N–H and O–H groups in total. The Morgan fingerprint density at radius 1 is 1.46 bits per heavy atom. The number of nitrogens with one attached hydrogen (secondary N) is 1. The molecular weight excluding hydrogens is 348 g/mol. The predicted octanol–water partition coefficient (Wildman–Crippen LogP) is 3.23. The number of hydrogen-bond acceptors (Lipinski definition) is 5. The van der Waals surface area contributed by atoms with Crippen LogP contribution < -0.4 is 5.32 Å². The Kier molecular flexibility index (Phi) is 4.35. The average Bonchev–Trinajstić information content (AvgIpc) is 3.33. The number of nitrogens with zero attached hydrogens (tertiary/aromatic N) is 3. The molecule has 1 aliphatic carbocycles. The van der Waals surface area contributed by atoms with E-state index in [0.29, 0.717) is 18.7 Å². The van der Waals surface area contributed by atoms with Crippen LogP contribution in [0.5, 0.6) is 0 Å². The van der Waals surface area contributed by atoms with E-state index in [1.165, 1.54) is 22.8 Å². The first kappa shape index (κ1) is 16.6. The lowest BCUT2D eigenvalue weighted by molar-refractivity contribution is 0.148. The molecule has 2 heterocycles. The van der Waals surface area contributed by atoms with Gasteiger partial charge in [0.2, 0.25) is 0 Å². The first-order valence-corrected chi connectivity index (χ1v) is 9.40. The molecule has 1 aromatic carbocycles. The second kappa shape index (κ2) is 6.81. The van der Waals surface area contributed by atoms with Crippen LogP contribution in [-0.4, -0.2) is 27.7 Å². The summed E-state index contributed by atoms with van der Waals surface area (Å²) in [6.45, 7) is 2.84. The van der Waals surface area contributed by atoms with Crippen molar-refractivity contribution in [2.75, 3.05) is 6.61 Å². The normalized spacial score (nSPS) is 15.6. The van der Waals surface area contributed by atoms with Gasteiger partial charge in [-0.05, 0) is 54.7 Å². The molecule has 0 unspecified atom stereocenters. The lowest BCUT2D eigenvalue weighted by Gasteiger charge is -2.14. The van der Waals surface area contributed by atoms with E-state index in [1.54, 1.807) is 6.92 Å². The molecule has 0 saturated carbocycles. The maximum absolute atomic E-state index is 11.8. The van der Waals surface area contributed by atoms with Crippen LogP contribution in [0.2, 0.25) is 0 Å². The van der Waals surface area contributed by atoms with Crippen LogP contribution in [0.1, 0.15) is 29.4 Å². The van der Waals surface area contributed by atoms with E-state index < -0.39 is 0 Å². The predicted molar refractivity (Wildman–Crippen MR) is 99.2 cm³/mol. The van der Waals surface area contributed by atoms with Crippen molar-refractivity contribution < 1.29 is 9.53 Å². The van der Waals surface area contributed by atoms with Crippen LogP contribution in [0, 0.1) is 11.3 Å². The Hall–Kier alpha value is -2.85. The average molecular weight is 366 g/mol. The smallest absolute Gasteiger partial charge is 0.407 e. The Labute approximate surface area is 155 Å². The monoisotopic (exact) mass is 366 g/mol. The van der Waals surface area contributed by atoms with E-state index in [1.807, 2.05) is 29.6 Å². The van der Waals surface area contributed by atoms with Gasteiger partial charge in [0.25, 0.3) is 0 Å². The molecule has 0 spiro atoms. The Balaban J connectivity index is 1.72. The van der Waals surface area contributed by atoms with Gasteiger partial charge in [0.05, 0.1) is 30.5 Å². The molecule has 3 aromatic rings. The minimum absolute atomic E-state index is 0.0101. The summed E-state index contributed by atoms with van der Waals surface area (Å²) in [6.07, 6.45) is 1.11. The van der Waals surface area contributed by atoms with Gasteiger partial charge in [-0.3, -0.25) is 0 Å². The Morgan fingerprint density at radius 2 is 2.35 bits per heavy atom. The van der Waals surface area contributed by atoms with Crippen molar-refractivity contribution in [3.05, 3.63) is 52.2 Å². The molecule has 26 heavy (non-hydrogen) atoms. The third-order valence-corrected chi connectivity index (χ3v) is 5.31. The first-order valence-electron chi connectivity index (χ1n) is 8.56. The van der Waals surface area contributed by atoms with Crippen molar-refractivity contribution in [2.45, 2.75) is 32.4 Å². The summed E-state index contributed by atoms with van der Waals surface area (Å²) in [5.41, 5.74) is 5.17. The fraction of sp³-hybridized carbons (Fsp3) is 0.316. The van der Waals surface area contributed by atoms with Gasteiger partial charge in [0.15, 0.2) is 0 Å². The third-order valence-electron chi connectivity index (χ3n) is 4.71. The fourth-order valence-corrected chi connectivity index (χ4v) is 4.20. The second-order valence-electron chi connectivity index (χ2n) is 6.32. The topological polar surface area (TPSA) is 79.9 Å². The highest BCUT2D eigenvalue weighted by molar-refractivity contribution is 7.03. The number of alkyl carbamates (subject to hydrolysis) is 1. The van der Waals surface area contributed by atoms with Crippen LogP contribution in [-0.2, 0) is 24.1 Å². The zero-order valence-corrected chi connectivity index (χ0v) is 15.2. The number of ether oxygens (including phenoxy) is 1. The lowest BCUT2D eigenvalue weighted by Crippen LogP contribution is -2.36. The molecule has 0 aliphatic heterocycles. The van der Waals surface area contributed by atoms with Crippen LogP contribution >= 0.6 is 11.5 Å². The number of hydrogen-bond donors (Lipinski definition) is 1. The molecule has 1 amide bonds. The molecule has 2 aromatic heterocycles. The molecular formula is C19H18N4O2S. The van der Waals surface area contributed by atoms with Crippen molar-refractivity contribution >= 4 is 28.5 Å². The standard InChI is InChI=1S/C19H18N4O2S/c1-2-25-19(24)21-14-8-16-15-7-12(10-20)3-4-17(15)23(18(16)9-14)11-13-5-6-26-22-13/h3-7,14H,2,8-9,11H2,1H3,(H,21,24)/t14-/m0/s1. The molecule has 4 rings (SSSR count). The van der Waals surface area contributed by atoms with Crippen LogP contribution in [0.4, 0.5) is 4.79 Å². The maximum atomic E-state index is 11.8. The summed E-state index contributed by atoms with van der Waals surface area (Å²) < 4.78 is 11.7. The van der Waals surface area contributed by atoms with E-state index in [-0.39, 0.29) is 12.1 Å². The SMILES string of the molecule is CCOC(=O)N[C@H]1Cc2c(n(Cc3ccsn3)c3ccc(C#N)cc23)C1. The third kappa shape index (κ3) is 2.93. The van der Waals surface area contributed by atoms with E-state index in [4.69, 9.17) is 4.74 Å². The Morgan fingerprint density at radius 3 is 3.08 bits per heavy atom. The van der Waals surface area contributed by atoms with Crippen molar-refractivity contribution in [3.8, 4) is 6.07 Å². The van der Waals surface area contributed by atoms with E-state index >= 15 is 0 Å². The molecule has 0 radical (unpaired) electrons. The molecule has 0 fully saturated rings. The van der Waals surface area contributed by atoms with E-state index in [0.717, 1.165) is 29.4 Å². The minimum Gasteiger partial charge on any atom is -0.450 e. The lowest BCUT2D eigenvalue weighted by atomic mass is 10.1. The molecule has 132 valence electrons. The summed E-state index contributed by atoms with van der Waals surface area (Å²) in [6, 6.07) is 10.0. The molecule has 1 atom stereocenters. The molecule has 6 nitrogen and oxygen atoms in total. The summed E-state index contributed by atoms with van der Waals surface area (Å²) in [5, 5.41) is 15.2. The molecule has 0 saturated heterocycles. The number of benzene rings is 1. The van der Waals surface area contributed by atoms with E-state index in [2.05, 4.69) is 20.3 Å². The number of nitriles is 1. The summed E-state index contributed by atoms with van der Waals surface area (Å²) in [4.78, 5) is 11.8. The number of rotatable bonds is 4. The quantitative estimate of drug-likeness (QED) is 0.769. The van der Waals surface area contributed by atoms with Gasteiger partial charge < -0.3 is 14.6 Å². The van der Waals surface area contributed by atoms with Gasteiger partial charge in [-0.15, -0.1) is 0 Å². The van der Waals surface area contributed by atoms with Crippen LogP contribution in [0.3, 0.4) is 0 Å². The van der Waals surface area contributed by atoms with Crippen molar-refractivity contribution in [3.63, 3.8) is 0 Å². The Bertz CT molecular complexity index is 1000. The number of carbonyl (C=O) groups excluding carboxylic acids is 1. The molecule has 1 aliphatic rings. The van der Waals surface area contributed by atoms with Crippen molar-refractivity contribution in [1.29, 1.82) is 5.26 Å². The molecule has 7 heteroatoms. The van der Waals surface area contributed by atoms with Crippen LogP contribution in [0.15, 0.2) is 29.6 Å². The van der Waals surface area contributed by atoms with E-state index in [9.17, 15) is 10.1 Å². The number of fused-ring (bicyclic) bond motifs is 3. The van der Waals surface area contributed by atoms with Crippen LogP contribution in [0.25, 0.3) is 10.9 Å². The maximum Gasteiger partial charge on any atom is 0.407 e. The molecule has 0 bridgehead atoms. The van der Waals surface area contributed by atoms with Crippen molar-refractivity contribution in [2.24, 2.45) is 0 Å². The highest BCUT2D eigenvalue weighted by Crippen LogP contribution is 2.34. The summed E-state index contributed by atoms with van der Waals surface area (Å²) >= 11 is 1.44. The first-order chi connectivity index (χ1) is 12.7. The number of carbonyl (C=O) groups is 1. The van der Waals surface area contributed by atoms with Gasteiger partial charge in [0.1, 0.15) is 0 Å². The van der Waals surface area contributed by atoms with Crippen molar-refractivity contribution in [1.82, 2.24) is 14.3 Å². The number of amides is 1. The van der Waals surface area contributed by atoms with Gasteiger partial charge in [-0.25, -0.2) is 4.79 Å². The minimum atomic E-state index is -0.379. The van der Waals surface area contributed by atoms with Gasteiger partial charge in [-0.1, -0.05) is 0 Å². The fourth-order valence-electron chi connectivity index (χ4n) is 3.66. The highest BCUT2D eigenvalue weighted by Gasteiger charge is 2.30. The zero-order valence-electron chi connectivity index (χ0n) is 14.4. The van der Waals surface area contributed by atoms with Gasteiger partial charge in [-0.2, -0.15) is 9.64 Å². The van der Waals surface area contributed by atoms with Gasteiger partial charge in [0, 0.05) is 34.4 Å². The highest BCUT2D eigenvalue weighted by atomic mass is 32.1. The zero-order chi connectivity index (χ0) is 18.1. The van der Waals surface area contributed by atoms with Gasteiger partial charge >= 0.3 is 6.09 Å².